The average Bonchev–Trinajstić information content (AvgIpc) is 2.37. The molecule has 1 unspecified atom stereocenters. The lowest BCUT2D eigenvalue weighted by Gasteiger charge is -2.16. The van der Waals surface area contributed by atoms with Gasteiger partial charge in [0.15, 0.2) is 11.5 Å². The third-order valence-corrected chi connectivity index (χ3v) is 2.47. The zero-order valence-corrected chi connectivity index (χ0v) is 11.5. The van der Waals surface area contributed by atoms with Crippen LogP contribution in [0.2, 0.25) is 0 Å². The second kappa shape index (κ2) is 7.79. The second-order valence-corrected chi connectivity index (χ2v) is 3.61. The van der Waals surface area contributed by atoms with Gasteiger partial charge in [0.2, 0.25) is 5.91 Å². The lowest BCUT2D eigenvalue weighted by Crippen LogP contribution is -2.32. The Labute approximate surface area is 113 Å². The number of hydrogen-bond acceptors (Lipinski definition) is 4. The molecule has 18 heavy (non-hydrogen) atoms. The number of nitrogens with two attached hydrogens (primary N) is 1. The van der Waals surface area contributed by atoms with Crippen LogP contribution < -0.4 is 20.5 Å². The van der Waals surface area contributed by atoms with Gasteiger partial charge in [0.1, 0.15) is 0 Å². The average molecular weight is 275 g/mol. The molecule has 1 rings (SSSR count). The number of carbonyl (C=O) groups excluding carboxylic acids is 1. The van der Waals surface area contributed by atoms with Crippen molar-refractivity contribution in [3.8, 4) is 11.5 Å². The van der Waals surface area contributed by atoms with Crippen LogP contribution in [0.25, 0.3) is 0 Å². The summed E-state index contributed by atoms with van der Waals surface area (Å²) in [5.41, 5.74) is 6.18. The fourth-order valence-corrected chi connectivity index (χ4v) is 1.51. The molecule has 1 aromatic rings. The lowest BCUT2D eigenvalue weighted by atomic mass is 10.1. The molecule has 0 aliphatic rings. The van der Waals surface area contributed by atoms with E-state index in [0.717, 1.165) is 5.56 Å². The summed E-state index contributed by atoms with van der Waals surface area (Å²) in [5.74, 6) is 1.11. The lowest BCUT2D eigenvalue weighted by molar-refractivity contribution is -0.120. The second-order valence-electron chi connectivity index (χ2n) is 3.61. The predicted octanol–water partition coefficient (Wildman–Crippen LogP) is 1.26. The Morgan fingerprint density at radius 1 is 1.33 bits per heavy atom. The molecule has 102 valence electrons. The monoisotopic (exact) mass is 274 g/mol. The minimum atomic E-state index is -0.188. The summed E-state index contributed by atoms with van der Waals surface area (Å²) in [6.45, 7) is 1.87. The maximum atomic E-state index is 11.2. The van der Waals surface area contributed by atoms with E-state index >= 15 is 0 Å². The first-order valence-corrected chi connectivity index (χ1v) is 5.33. The highest BCUT2D eigenvalue weighted by Gasteiger charge is 2.11. The van der Waals surface area contributed by atoms with Gasteiger partial charge in [0.25, 0.3) is 0 Å². The van der Waals surface area contributed by atoms with Crippen molar-refractivity contribution in [2.24, 2.45) is 5.73 Å². The van der Waals surface area contributed by atoms with Crippen LogP contribution in [-0.2, 0) is 4.79 Å². The van der Waals surface area contributed by atoms with Gasteiger partial charge in [0, 0.05) is 0 Å². The van der Waals surface area contributed by atoms with Crippen molar-refractivity contribution < 1.29 is 14.3 Å². The molecule has 1 atom stereocenters. The molecule has 6 heteroatoms. The number of rotatable bonds is 5. The first-order valence-electron chi connectivity index (χ1n) is 5.33. The number of carbonyl (C=O) groups is 1. The molecule has 0 saturated heterocycles. The van der Waals surface area contributed by atoms with Gasteiger partial charge in [-0.2, -0.15) is 0 Å². The Morgan fingerprint density at radius 2 is 1.94 bits per heavy atom. The van der Waals surface area contributed by atoms with Crippen LogP contribution in [0.3, 0.4) is 0 Å². The molecule has 0 saturated carbocycles. The standard InChI is InChI=1S/C12H18N2O3.ClH/c1-8(14-12(15)7-13)9-4-5-10(16-2)11(6-9)17-3;/h4-6,8H,7,13H2,1-3H3,(H,14,15);1H. The normalized spacial score (nSPS) is 11.1. The summed E-state index contributed by atoms with van der Waals surface area (Å²) in [6, 6.07) is 5.40. The summed E-state index contributed by atoms with van der Waals surface area (Å²) >= 11 is 0. The number of ether oxygens (including phenoxy) is 2. The maximum Gasteiger partial charge on any atom is 0.234 e. The van der Waals surface area contributed by atoms with Gasteiger partial charge in [-0.1, -0.05) is 6.07 Å². The van der Waals surface area contributed by atoms with Crippen molar-refractivity contribution in [1.82, 2.24) is 5.32 Å². The molecule has 0 bridgehead atoms. The largest absolute Gasteiger partial charge is 0.493 e. The predicted molar refractivity (Wildman–Crippen MR) is 72.4 cm³/mol. The zero-order chi connectivity index (χ0) is 12.8. The van der Waals surface area contributed by atoms with E-state index in [1.807, 2.05) is 19.1 Å². The van der Waals surface area contributed by atoms with Crippen LogP contribution >= 0.6 is 12.4 Å². The highest BCUT2D eigenvalue weighted by Crippen LogP contribution is 2.29. The molecule has 1 aromatic carbocycles. The van der Waals surface area contributed by atoms with Gasteiger partial charge in [-0.25, -0.2) is 0 Å². The van der Waals surface area contributed by atoms with Crippen molar-refractivity contribution in [2.75, 3.05) is 20.8 Å². The van der Waals surface area contributed by atoms with Gasteiger partial charge in [-0.05, 0) is 24.6 Å². The Hall–Kier alpha value is -1.46. The summed E-state index contributed by atoms with van der Waals surface area (Å²) in [6.07, 6.45) is 0. The molecule has 0 heterocycles. The zero-order valence-electron chi connectivity index (χ0n) is 10.7. The molecule has 5 nitrogen and oxygen atoms in total. The molecule has 0 aliphatic heterocycles. The van der Waals surface area contributed by atoms with Gasteiger partial charge in [-0.3, -0.25) is 4.79 Å². The minimum absolute atomic E-state index is 0. The van der Waals surface area contributed by atoms with Gasteiger partial charge in [0.05, 0.1) is 26.8 Å². The van der Waals surface area contributed by atoms with E-state index < -0.39 is 0 Å². The van der Waals surface area contributed by atoms with Crippen molar-refractivity contribution in [3.05, 3.63) is 23.8 Å². The molecule has 0 fully saturated rings. The molecule has 0 aromatic heterocycles. The fourth-order valence-electron chi connectivity index (χ4n) is 1.51. The van der Waals surface area contributed by atoms with Crippen molar-refractivity contribution >= 4 is 18.3 Å². The van der Waals surface area contributed by atoms with Crippen LogP contribution in [0.5, 0.6) is 11.5 Å². The third-order valence-electron chi connectivity index (χ3n) is 2.47. The molecule has 3 N–H and O–H groups in total. The molecule has 0 radical (unpaired) electrons. The van der Waals surface area contributed by atoms with E-state index in [-0.39, 0.29) is 30.9 Å². The van der Waals surface area contributed by atoms with Gasteiger partial charge in [-0.15, -0.1) is 12.4 Å². The van der Waals surface area contributed by atoms with Crippen LogP contribution in [0, 0.1) is 0 Å². The Morgan fingerprint density at radius 3 is 2.44 bits per heavy atom. The Bertz CT molecular complexity index is 399. The molecule has 0 aliphatic carbocycles. The molecule has 1 amide bonds. The van der Waals surface area contributed by atoms with Gasteiger partial charge < -0.3 is 20.5 Å². The Kier molecular flexibility index (Phi) is 7.16. The number of benzene rings is 1. The minimum Gasteiger partial charge on any atom is -0.493 e. The fraction of sp³-hybridized carbons (Fsp3) is 0.417. The number of halogens is 1. The van der Waals surface area contributed by atoms with Crippen LogP contribution in [0.15, 0.2) is 18.2 Å². The summed E-state index contributed by atoms with van der Waals surface area (Å²) in [4.78, 5) is 11.2. The summed E-state index contributed by atoms with van der Waals surface area (Å²) < 4.78 is 10.3. The SMILES string of the molecule is COc1ccc(C(C)NC(=O)CN)cc1OC.Cl. The van der Waals surface area contributed by atoms with Crippen molar-refractivity contribution in [3.63, 3.8) is 0 Å². The number of amides is 1. The van der Waals surface area contributed by atoms with Crippen LogP contribution in [0.4, 0.5) is 0 Å². The summed E-state index contributed by atoms with van der Waals surface area (Å²) in [5, 5.41) is 2.77. The first-order chi connectivity index (χ1) is 8.12. The number of methoxy groups -OCH3 is 2. The van der Waals surface area contributed by atoms with E-state index in [1.54, 1.807) is 20.3 Å². The highest BCUT2D eigenvalue weighted by atomic mass is 35.5. The van der Waals surface area contributed by atoms with E-state index in [2.05, 4.69) is 5.32 Å². The maximum absolute atomic E-state index is 11.2. The molecule has 0 spiro atoms. The van der Waals surface area contributed by atoms with Crippen molar-refractivity contribution in [2.45, 2.75) is 13.0 Å². The quantitative estimate of drug-likeness (QED) is 0.848. The van der Waals surface area contributed by atoms with E-state index in [9.17, 15) is 4.79 Å². The first kappa shape index (κ1) is 16.5. The molecular weight excluding hydrogens is 256 g/mol. The third kappa shape index (κ3) is 4.09. The van der Waals surface area contributed by atoms with Gasteiger partial charge >= 0.3 is 0 Å². The number of hydrogen-bond donors (Lipinski definition) is 2. The topological polar surface area (TPSA) is 73.6 Å². The summed E-state index contributed by atoms with van der Waals surface area (Å²) in [7, 11) is 3.15. The van der Waals surface area contributed by atoms with Crippen LogP contribution in [-0.4, -0.2) is 26.7 Å². The molecular formula is C12H19ClN2O3. The van der Waals surface area contributed by atoms with E-state index in [0.29, 0.717) is 11.5 Å². The van der Waals surface area contributed by atoms with E-state index in [4.69, 9.17) is 15.2 Å². The van der Waals surface area contributed by atoms with Crippen LogP contribution in [0.1, 0.15) is 18.5 Å². The highest BCUT2D eigenvalue weighted by molar-refractivity contribution is 5.85. The van der Waals surface area contributed by atoms with E-state index in [1.165, 1.54) is 0 Å². The number of nitrogens with one attached hydrogen (secondary N) is 1. The Balaban J connectivity index is 0.00000289. The van der Waals surface area contributed by atoms with Crippen molar-refractivity contribution in [1.29, 1.82) is 0 Å². The smallest absolute Gasteiger partial charge is 0.234 e.